The van der Waals surface area contributed by atoms with E-state index in [9.17, 15) is 0 Å². The Labute approximate surface area is 180 Å². The van der Waals surface area contributed by atoms with Crippen LogP contribution in [-0.2, 0) is 0 Å². The van der Waals surface area contributed by atoms with Crippen LogP contribution in [0.25, 0.3) is 0 Å². The molecule has 0 radical (unpaired) electrons. The first-order chi connectivity index (χ1) is 13.8. The normalized spacial score (nSPS) is 11.6. The van der Waals surface area contributed by atoms with Crippen molar-refractivity contribution in [1.82, 2.24) is 4.90 Å². The fourth-order valence-corrected chi connectivity index (χ4v) is 4.21. The zero-order chi connectivity index (χ0) is 20.5. The van der Waals surface area contributed by atoms with Crippen LogP contribution in [0, 0.1) is 0 Å². The lowest BCUT2D eigenvalue weighted by atomic mass is 10.1. The maximum atomic E-state index is 2.79. The molecule has 0 N–H and O–H groups in total. The van der Waals surface area contributed by atoms with Crippen molar-refractivity contribution in [2.24, 2.45) is 0 Å². The standard InChI is InChI=1S/C27H57N/c1-4-7-10-12-14-16-18-20-23-26-28(25-22-9-6-3)27-24-21-19-17-15-13-11-8-5-2/h4-27H2,1-3H3. The number of nitrogens with zero attached hydrogens (tertiary/aromatic N) is 1. The summed E-state index contributed by atoms with van der Waals surface area (Å²) in [5.41, 5.74) is 0. The maximum absolute atomic E-state index is 2.79. The largest absolute Gasteiger partial charge is 0.303 e. The van der Waals surface area contributed by atoms with Crippen molar-refractivity contribution in [3.05, 3.63) is 0 Å². The molecule has 1 nitrogen and oxygen atoms in total. The Morgan fingerprint density at radius 3 is 0.821 bits per heavy atom. The van der Waals surface area contributed by atoms with Crippen molar-refractivity contribution in [2.45, 2.75) is 156 Å². The molecule has 0 aromatic rings. The van der Waals surface area contributed by atoms with E-state index in [1.165, 1.54) is 154 Å². The Kier molecular flexibility index (Phi) is 25.0. The molecule has 0 aromatic heterocycles. The van der Waals surface area contributed by atoms with E-state index in [0.29, 0.717) is 0 Å². The summed E-state index contributed by atoms with van der Waals surface area (Å²) in [6.07, 6.45) is 30.2. The van der Waals surface area contributed by atoms with Crippen LogP contribution in [0.4, 0.5) is 0 Å². The van der Waals surface area contributed by atoms with Gasteiger partial charge in [0.2, 0.25) is 0 Å². The third-order valence-electron chi connectivity index (χ3n) is 6.23. The lowest BCUT2D eigenvalue weighted by Gasteiger charge is -2.22. The minimum Gasteiger partial charge on any atom is -0.303 e. The van der Waals surface area contributed by atoms with Crippen molar-refractivity contribution in [3.63, 3.8) is 0 Å². The fourth-order valence-electron chi connectivity index (χ4n) is 4.21. The second kappa shape index (κ2) is 25.0. The zero-order valence-corrected chi connectivity index (χ0v) is 20.4. The van der Waals surface area contributed by atoms with E-state index in [0.717, 1.165) is 0 Å². The van der Waals surface area contributed by atoms with Gasteiger partial charge in [0, 0.05) is 0 Å². The number of rotatable bonds is 24. The van der Waals surface area contributed by atoms with Gasteiger partial charge in [-0.1, -0.05) is 136 Å². The topological polar surface area (TPSA) is 3.24 Å². The van der Waals surface area contributed by atoms with Gasteiger partial charge < -0.3 is 4.90 Å². The van der Waals surface area contributed by atoms with Crippen LogP contribution in [0.1, 0.15) is 156 Å². The Hall–Kier alpha value is -0.0400. The van der Waals surface area contributed by atoms with Crippen LogP contribution in [0.3, 0.4) is 0 Å². The van der Waals surface area contributed by atoms with E-state index in [2.05, 4.69) is 25.7 Å². The van der Waals surface area contributed by atoms with Crippen LogP contribution >= 0.6 is 0 Å². The van der Waals surface area contributed by atoms with Gasteiger partial charge in [-0.05, 0) is 38.9 Å². The van der Waals surface area contributed by atoms with E-state index in [4.69, 9.17) is 0 Å². The van der Waals surface area contributed by atoms with Crippen molar-refractivity contribution in [2.75, 3.05) is 19.6 Å². The highest BCUT2D eigenvalue weighted by atomic mass is 15.1. The number of hydrogen-bond donors (Lipinski definition) is 0. The highest BCUT2D eigenvalue weighted by Crippen LogP contribution is 2.12. The second-order valence-corrected chi connectivity index (χ2v) is 9.21. The van der Waals surface area contributed by atoms with Crippen LogP contribution < -0.4 is 0 Å². The first kappa shape index (κ1) is 28.0. The predicted molar refractivity (Wildman–Crippen MR) is 130 cm³/mol. The molecule has 0 aromatic carbocycles. The molecule has 0 fully saturated rings. The Balaban J connectivity index is 3.62. The molecular formula is C27H57N. The zero-order valence-electron chi connectivity index (χ0n) is 20.4. The lowest BCUT2D eigenvalue weighted by Crippen LogP contribution is -2.27. The van der Waals surface area contributed by atoms with Crippen molar-refractivity contribution >= 4 is 0 Å². The lowest BCUT2D eigenvalue weighted by molar-refractivity contribution is 0.255. The summed E-state index contributed by atoms with van der Waals surface area (Å²) in [5.74, 6) is 0. The first-order valence-electron chi connectivity index (χ1n) is 13.6. The van der Waals surface area contributed by atoms with Gasteiger partial charge in [0.25, 0.3) is 0 Å². The second-order valence-electron chi connectivity index (χ2n) is 9.21. The molecule has 0 amide bonds. The molecular weight excluding hydrogens is 338 g/mol. The fraction of sp³-hybridized carbons (Fsp3) is 1.00. The molecule has 0 aliphatic carbocycles. The highest BCUT2D eigenvalue weighted by molar-refractivity contribution is 4.60. The molecule has 0 rings (SSSR count). The Morgan fingerprint density at radius 2 is 0.500 bits per heavy atom. The molecule has 0 aliphatic rings. The molecule has 0 bridgehead atoms. The van der Waals surface area contributed by atoms with Crippen molar-refractivity contribution in [3.8, 4) is 0 Å². The van der Waals surface area contributed by atoms with Crippen molar-refractivity contribution in [1.29, 1.82) is 0 Å². The summed E-state index contributed by atoms with van der Waals surface area (Å²) >= 11 is 0. The third kappa shape index (κ3) is 22.3. The summed E-state index contributed by atoms with van der Waals surface area (Å²) in [4.78, 5) is 2.79. The molecule has 0 spiro atoms. The van der Waals surface area contributed by atoms with E-state index >= 15 is 0 Å². The summed E-state index contributed by atoms with van der Waals surface area (Å²) in [7, 11) is 0. The maximum Gasteiger partial charge on any atom is -0.00187 e. The van der Waals surface area contributed by atoms with Gasteiger partial charge in [-0.3, -0.25) is 0 Å². The average Bonchev–Trinajstić information content (AvgIpc) is 2.71. The molecule has 1 heteroatoms. The van der Waals surface area contributed by atoms with E-state index in [1.807, 2.05) is 0 Å². The van der Waals surface area contributed by atoms with Crippen LogP contribution in [0.5, 0.6) is 0 Å². The molecule has 28 heavy (non-hydrogen) atoms. The molecule has 0 heterocycles. The van der Waals surface area contributed by atoms with Gasteiger partial charge in [-0.15, -0.1) is 0 Å². The van der Waals surface area contributed by atoms with Crippen LogP contribution in [-0.4, -0.2) is 24.5 Å². The van der Waals surface area contributed by atoms with Gasteiger partial charge in [0.05, 0.1) is 0 Å². The molecule has 0 aliphatic heterocycles. The van der Waals surface area contributed by atoms with E-state index in [-0.39, 0.29) is 0 Å². The van der Waals surface area contributed by atoms with Crippen molar-refractivity contribution < 1.29 is 0 Å². The predicted octanol–water partition coefficient (Wildman–Crippen LogP) is 9.54. The molecule has 0 saturated carbocycles. The minimum absolute atomic E-state index is 1.35. The Morgan fingerprint density at radius 1 is 0.286 bits per heavy atom. The van der Waals surface area contributed by atoms with Gasteiger partial charge in [-0.2, -0.15) is 0 Å². The van der Waals surface area contributed by atoms with Gasteiger partial charge in [0.15, 0.2) is 0 Å². The highest BCUT2D eigenvalue weighted by Gasteiger charge is 2.04. The summed E-state index contributed by atoms with van der Waals surface area (Å²) in [6, 6.07) is 0. The van der Waals surface area contributed by atoms with E-state index < -0.39 is 0 Å². The number of hydrogen-bond acceptors (Lipinski definition) is 1. The number of unbranched alkanes of at least 4 members (excludes halogenated alkanes) is 18. The SMILES string of the molecule is CCCCCCCCCCCN(CCCCC)CCCCCCCCCCC. The van der Waals surface area contributed by atoms with Crippen LogP contribution in [0.15, 0.2) is 0 Å². The summed E-state index contributed by atoms with van der Waals surface area (Å²) in [5, 5.41) is 0. The monoisotopic (exact) mass is 395 g/mol. The summed E-state index contributed by atoms with van der Waals surface area (Å²) < 4.78 is 0. The van der Waals surface area contributed by atoms with Gasteiger partial charge >= 0.3 is 0 Å². The average molecular weight is 396 g/mol. The van der Waals surface area contributed by atoms with E-state index in [1.54, 1.807) is 0 Å². The third-order valence-corrected chi connectivity index (χ3v) is 6.23. The molecule has 0 saturated heterocycles. The minimum atomic E-state index is 1.35. The molecule has 0 atom stereocenters. The van der Waals surface area contributed by atoms with Gasteiger partial charge in [-0.25, -0.2) is 0 Å². The molecule has 0 unspecified atom stereocenters. The Bertz CT molecular complexity index is 241. The molecule has 170 valence electrons. The quantitative estimate of drug-likeness (QED) is 0.147. The first-order valence-corrected chi connectivity index (χ1v) is 13.6. The van der Waals surface area contributed by atoms with Gasteiger partial charge in [0.1, 0.15) is 0 Å². The smallest absolute Gasteiger partial charge is 0.00187 e. The van der Waals surface area contributed by atoms with Crippen LogP contribution in [0.2, 0.25) is 0 Å². The summed E-state index contributed by atoms with van der Waals surface area (Å²) in [6.45, 7) is 11.0.